The van der Waals surface area contributed by atoms with E-state index in [1.807, 2.05) is 31.2 Å². The number of carbonyl (C=O) groups is 3. The lowest BCUT2D eigenvalue weighted by atomic mass is 9.98. The van der Waals surface area contributed by atoms with Gasteiger partial charge in [-0.15, -0.1) is 0 Å². The van der Waals surface area contributed by atoms with Crippen molar-refractivity contribution in [3.8, 4) is 11.1 Å². The molecule has 3 rings (SSSR count). The number of hydrogen-bond acceptors (Lipinski definition) is 4. The standard InChI is InChI=1S/C25H30N2O5/c1-3-17(24(30)26-13-16(2)12-23(28)29)14-27-25(31)32-15-22-20-10-6-4-8-18(20)19-9-5-7-11-21(19)22/h4-11,16-17,22H,3,12-15H2,1-2H3,(H,26,30)(H,27,31)(H,28,29). The van der Waals surface area contributed by atoms with Crippen LogP contribution < -0.4 is 10.6 Å². The van der Waals surface area contributed by atoms with Gasteiger partial charge in [0.2, 0.25) is 5.91 Å². The molecule has 2 unspecified atom stereocenters. The third-order valence-electron chi connectivity index (χ3n) is 5.85. The van der Waals surface area contributed by atoms with Crippen LogP contribution in [0.1, 0.15) is 43.7 Å². The Morgan fingerprint density at radius 2 is 1.56 bits per heavy atom. The first-order valence-electron chi connectivity index (χ1n) is 11.0. The Bertz CT molecular complexity index is 929. The van der Waals surface area contributed by atoms with Gasteiger partial charge < -0.3 is 20.5 Å². The van der Waals surface area contributed by atoms with Crippen molar-refractivity contribution in [3.05, 3.63) is 59.7 Å². The van der Waals surface area contributed by atoms with E-state index in [2.05, 4.69) is 34.9 Å². The normalized spacial score (nSPS) is 14.1. The van der Waals surface area contributed by atoms with E-state index < -0.39 is 18.0 Å². The Morgan fingerprint density at radius 1 is 0.969 bits per heavy atom. The van der Waals surface area contributed by atoms with Crippen LogP contribution in [0.4, 0.5) is 4.79 Å². The Kier molecular flexibility index (Phi) is 7.87. The summed E-state index contributed by atoms with van der Waals surface area (Å²) in [6.07, 6.45) is -0.0184. The van der Waals surface area contributed by atoms with E-state index in [9.17, 15) is 14.4 Å². The second kappa shape index (κ2) is 10.8. The average Bonchev–Trinajstić information content (AvgIpc) is 3.10. The summed E-state index contributed by atoms with van der Waals surface area (Å²) in [5, 5.41) is 14.3. The minimum Gasteiger partial charge on any atom is -0.481 e. The number of carboxylic acids is 1. The van der Waals surface area contributed by atoms with E-state index in [1.54, 1.807) is 6.92 Å². The van der Waals surface area contributed by atoms with Gasteiger partial charge in [-0.25, -0.2) is 4.79 Å². The lowest BCUT2D eigenvalue weighted by Crippen LogP contribution is -2.40. The molecule has 2 atom stereocenters. The first-order valence-corrected chi connectivity index (χ1v) is 11.0. The van der Waals surface area contributed by atoms with Crippen molar-refractivity contribution in [1.29, 1.82) is 0 Å². The molecule has 3 N–H and O–H groups in total. The maximum Gasteiger partial charge on any atom is 0.407 e. The van der Waals surface area contributed by atoms with Gasteiger partial charge in [0.1, 0.15) is 6.61 Å². The van der Waals surface area contributed by atoms with Gasteiger partial charge in [0.25, 0.3) is 0 Å². The van der Waals surface area contributed by atoms with Crippen molar-refractivity contribution in [3.63, 3.8) is 0 Å². The third kappa shape index (κ3) is 5.66. The van der Waals surface area contributed by atoms with Crippen LogP contribution in [0, 0.1) is 11.8 Å². The molecule has 2 aromatic rings. The maximum absolute atomic E-state index is 12.4. The predicted molar refractivity (Wildman–Crippen MR) is 121 cm³/mol. The first kappa shape index (κ1) is 23.3. The van der Waals surface area contributed by atoms with Gasteiger partial charge in [0.15, 0.2) is 0 Å². The van der Waals surface area contributed by atoms with Gasteiger partial charge in [-0.05, 0) is 34.6 Å². The summed E-state index contributed by atoms with van der Waals surface area (Å²) in [6.45, 7) is 4.29. The third-order valence-corrected chi connectivity index (χ3v) is 5.85. The van der Waals surface area contributed by atoms with Crippen molar-refractivity contribution < 1.29 is 24.2 Å². The van der Waals surface area contributed by atoms with Gasteiger partial charge in [0, 0.05) is 25.4 Å². The zero-order chi connectivity index (χ0) is 23.1. The topological polar surface area (TPSA) is 105 Å². The molecule has 0 saturated heterocycles. The molecule has 0 radical (unpaired) electrons. The fourth-order valence-electron chi connectivity index (χ4n) is 4.07. The van der Waals surface area contributed by atoms with Crippen LogP contribution in [0.15, 0.2) is 48.5 Å². The number of carboxylic acid groups (broad SMARTS) is 1. The van der Waals surface area contributed by atoms with Crippen molar-refractivity contribution in [2.75, 3.05) is 19.7 Å². The first-order chi connectivity index (χ1) is 15.4. The molecular formula is C25H30N2O5. The molecule has 0 bridgehead atoms. The molecular weight excluding hydrogens is 408 g/mol. The van der Waals surface area contributed by atoms with Crippen LogP contribution >= 0.6 is 0 Å². The highest BCUT2D eigenvalue weighted by Crippen LogP contribution is 2.44. The van der Waals surface area contributed by atoms with E-state index in [0.717, 1.165) is 22.3 Å². The van der Waals surface area contributed by atoms with Crippen LogP contribution in [0.2, 0.25) is 0 Å². The average molecular weight is 439 g/mol. The molecule has 170 valence electrons. The lowest BCUT2D eigenvalue weighted by Gasteiger charge is -2.18. The van der Waals surface area contributed by atoms with Crippen LogP contribution in [0.5, 0.6) is 0 Å². The second-order valence-electron chi connectivity index (χ2n) is 8.26. The molecule has 0 aliphatic heterocycles. The summed E-state index contributed by atoms with van der Waals surface area (Å²) in [5.74, 6) is -1.69. The highest BCUT2D eigenvalue weighted by molar-refractivity contribution is 5.80. The number of ether oxygens (including phenoxy) is 1. The van der Waals surface area contributed by atoms with E-state index in [4.69, 9.17) is 9.84 Å². The Balaban J connectivity index is 1.49. The zero-order valence-corrected chi connectivity index (χ0v) is 18.5. The summed E-state index contributed by atoms with van der Waals surface area (Å²) in [7, 11) is 0. The number of aliphatic carboxylic acids is 1. The highest BCUT2D eigenvalue weighted by atomic mass is 16.5. The summed E-state index contributed by atoms with van der Waals surface area (Å²) >= 11 is 0. The van der Waals surface area contributed by atoms with Gasteiger partial charge in [-0.3, -0.25) is 9.59 Å². The van der Waals surface area contributed by atoms with Gasteiger partial charge in [-0.2, -0.15) is 0 Å². The van der Waals surface area contributed by atoms with Crippen LogP contribution in [0.3, 0.4) is 0 Å². The van der Waals surface area contributed by atoms with Crippen LogP contribution in [-0.4, -0.2) is 42.8 Å². The fourth-order valence-corrected chi connectivity index (χ4v) is 4.07. The lowest BCUT2D eigenvalue weighted by molar-refractivity contribution is -0.138. The van der Waals surface area contributed by atoms with Crippen LogP contribution in [-0.2, 0) is 14.3 Å². The minimum atomic E-state index is -0.893. The molecule has 0 heterocycles. The number of amides is 2. The van der Waals surface area contributed by atoms with Crippen LogP contribution in [0.25, 0.3) is 11.1 Å². The molecule has 7 nitrogen and oxygen atoms in total. The smallest absolute Gasteiger partial charge is 0.407 e. The zero-order valence-electron chi connectivity index (χ0n) is 18.5. The molecule has 0 saturated carbocycles. The fraction of sp³-hybridized carbons (Fsp3) is 0.400. The van der Waals surface area contributed by atoms with Gasteiger partial charge in [0.05, 0.1) is 5.92 Å². The number of carbonyl (C=O) groups excluding carboxylic acids is 2. The Morgan fingerprint density at radius 3 is 2.12 bits per heavy atom. The minimum absolute atomic E-state index is 0.00489. The summed E-state index contributed by atoms with van der Waals surface area (Å²) in [4.78, 5) is 35.4. The number of hydrogen-bond donors (Lipinski definition) is 3. The monoisotopic (exact) mass is 438 g/mol. The molecule has 0 fully saturated rings. The molecule has 7 heteroatoms. The summed E-state index contributed by atoms with van der Waals surface area (Å²) in [6, 6.07) is 16.3. The number of nitrogens with one attached hydrogen (secondary N) is 2. The highest BCUT2D eigenvalue weighted by Gasteiger charge is 2.29. The van der Waals surface area contributed by atoms with Crippen molar-refractivity contribution in [2.24, 2.45) is 11.8 Å². The molecule has 32 heavy (non-hydrogen) atoms. The summed E-state index contributed by atoms with van der Waals surface area (Å²) in [5.41, 5.74) is 4.61. The van der Waals surface area contributed by atoms with Gasteiger partial charge >= 0.3 is 12.1 Å². The van der Waals surface area contributed by atoms with E-state index in [0.29, 0.717) is 6.42 Å². The molecule has 0 spiro atoms. The summed E-state index contributed by atoms with van der Waals surface area (Å²) < 4.78 is 5.51. The van der Waals surface area contributed by atoms with Crippen molar-refractivity contribution >= 4 is 18.0 Å². The van der Waals surface area contributed by atoms with Gasteiger partial charge in [-0.1, -0.05) is 62.4 Å². The number of rotatable bonds is 10. The number of alkyl carbamates (subject to hydrolysis) is 1. The largest absolute Gasteiger partial charge is 0.481 e. The molecule has 0 aromatic heterocycles. The van der Waals surface area contributed by atoms with Crippen molar-refractivity contribution in [1.82, 2.24) is 10.6 Å². The van der Waals surface area contributed by atoms with E-state index in [1.165, 1.54) is 0 Å². The number of fused-ring (bicyclic) bond motifs is 3. The number of benzene rings is 2. The maximum atomic E-state index is 12.4. The Labute approximate surface area is 188 Å². The van der Waals surface area contributed by atoms with E-state index >= 15 is 0 Å². The SMILES string of the molecule is CCC(CNC(=O)OCC1c2ccccc2-c2ccccc21)C(=O)NCC(C)CC(=O)O. The van der Waals surface area contributed by atoms with E-state index in [-0.39, 0.29) is 43.9 Å². The quantitative estimate of drug-likeness (QED) is 0.524. The molecule has 2 amide bonds. The Hall–Kier alpha value is -3.35. The molecule has 2 aromatic carbocycles. The second-order valence-corrected chi connectivity index (χ2v) is 8.26. The molecule has 1 aliphatic carbocycles. The predicted octanol–water partition coefficient (Wildman–Crippen LogP) is 3.78. The van der Waals surface area contributed by atoms with Crippen molar-refractivity contribution in [2.45, 2.75) is 32.6 Å². The molecule has 1 aliphatic rings.